The van der Waals surface area contributed by atoms with E-state index >= 15 is 0 Å². The lowest BCUT2D eigenvalue weighted by molar-refractivity contribution is -0.164. The summed E-state index contributed by atoms with van der Waals surface area (Å²) < 4.78 is 24.9. The molecule has 0 saturated heterocycles. The molecule has 0 aliphatic heterocycles. The summed E-state index contributed by atoms with van der Waals surface area (Å²) in [6.45, 7) is 13.2. The third kappa shape index (κ3) is 11.4. The van der Waals surface area contributed by atoms with Crippen LogP contribution in [0, 0.1) is 5.41 Å². The van der Waals surface area contributed by atoms with E-state index in [2.05, 4.69) is 5.32 Å². The molecule has 4 rings (SSSR count). The first kappa shape index (κ1) is 41.6. The first-order chi connectivity index (χ1) is 25.6. The number of hydrogen-bond donors (Lipinski definition) is 2. The molecule has 292 valence electrons. The highest BCUT2D eigenvalue weighted by atomic mass is 16.6. The Morgan fingerprint density at radius 1 is 0.709 bits per heavy atom. The van der Waals surface area contributed by atoms with Crippen LogP contribution in [-0.2, 0) is 38.1 Å². The first-order valence-corrected chi connectivity index (χ1v) is 17.6. The van der Waals surface area contributed by atoms with Gasteiger partial charge >= 0.3 is 24.1 Å². The molecule has 4 aromatic rings. The lowest BCUT2D eigenvalue weighted by atomic mass is 9.86. The van der Waals surface area contributed by atoms with Crippen molar-refractivity contribution in [1.29, 1.82) is 0 Å². The number of hydrogen-bond acceptors (Lipinski definition) is 10. The van der Waals surface area contributed by atoms with Crippen LogP contribution in [0.2, 0.25) is 0 Å². The number of aromatic nitrogens is 2. The van der Waals surface area contributed by atoms with Crippen LogP contribution >= 0.6 is 0 Å². The molecule has 55 heavy (non-hydrogen) atoms. The van der Waals surface area contributed by atoms with Crippen molar-refractivity contribution in [2.45, 2.75) is 79.1 Å². The molecule has 1 atom stereocenters. The van der Waals surface area contributed by atoms with Gasteiger partial charge in [-0.2, -0.15) is 0 Å². The Bertz CT molecular complexity index is 2160. The maximum Gasteiger partial charge on any atom is 0.419 e. The maximum absolute atomic E-state index is 13.4. The summed E-state index contributed by atoms with van der Waals surface area (Å²) in [5.41, 5.74) is 4.70. The fourth-order valence-electron chi connectivity index (χ4n) is 5.42. The van der Waals surface area contributed by atoms with Crippen LogP contribution in [0.25, 0.3) is 34.0 Å². The van der Waals surface area contributed by atoms with E-state index in [0.29, 0.717) is 32.9 Å². The van der Waals surface area contributed by atoms with E-state index in [4.69, 9.17) is 24.7 Å². The van der Waals surface area contributed by atoms with Crippen LogP contribution in [0.15, 0.2) is 73.1 Å². The zero-order valence-electron chi connectivity index (χ0n) is 32.3. The van der Waals surface area contributed by atoms with E-state index in [1.54, 1.807) is 110 Å². The number of rotatable bonds is 12. The van der Waals surface area contributed by atoms with Crippen molar-refractivity contribution in [3.05, 3.63) is 84.2 Å². The van der Waals surface area contributed by atoms with E-state index in [0.717, 1.165) is 6.08 Å². The van der Waals surface area contributed by atoms with Gasteiger partial charge in [0.1, 0.15) is 17.8 Å². The fourth-order valence-corrected chi connectivity index (χ4v) is 5.42. The molecule has 2 heterocycles. The molecule has 0 aliphatic carbocycles. The molecule has 0 fully saturated rings. The van der Waals surface area contributed by atoms with Crippen LogP contribution in [0.1, 0.15) is 72.9 Å². The minimum Gasteiger partial charge on any atom is -0.462 e. The number of para-hydroxylation sites is 2. The molecule has 0 aliphatic rings. The fraction of sp³-hybridized carbons (Fsp3) is 0.366. The molecule has 1 unspecified atom stereocenters. The number of carbonyl (C=O) groups is 6. The van der Waals surface area contributed by atoms with Gasteiger partial charge in [0, 0.05) is 64.8 Å². The molecule has 0 spiro atoms. The van der Waals surface area contributed by atoms with Crippen molar-refractivity contribution < 1.29 is 47.7 Å². The van der Waals surface area contributed by atoms with Crippen molar-refractivity contribution in [2.75, 3.05) is 13.2 Å². The summed E-state index contributed by atoms with van der Waals surface area (Å²) in [5, 5.41) is 3.90. The highest BCUT2D eigenvalue weighted by molar-refractivity contribution is 5.99. The average Bonchev–Trinajstić information content (AvgIpc) is 3.65. The van der Waals surface area contributed by atoms with Crippen molar-refractivity contribution in [2.24, 2.45) is 11.1 Å². The third-order valence-electron chi connectivity index (χ3n) is 7.90. The number of nitrogens with two attached hydrogens (primary N) is 1. The maximum atomic E-state index is 13.4. The van der Waals surface area contributed by atoms with E-state index in [1.165, 1.54) is 33.6 Å². The number of nitrogens with zero attached hydrogens (tertiary/aromatic N) is 2. The average molecular weight is 757 g/mol. The van der Waals surface area contributed by atoms with Gasteiger partial charge in [-0.1, -0.05) is 50.2 Å². The van der Waals surface area contributed by atoms with Gasteiger partial charge in [-0.3, -0.25) is 18.7 Å². The summed E-state index contributed by atoms with van der Waals surface area (Å²) in [7, 11) is 0. The molecule has 3 N–H and O–H groups in total. The lowest BCUT2D eigenvalue weighted by Crippen LogP contribution is -2.49. The molecule has 2 aromatic heterocycles. The smallest absolute Gasteiger partial charge is 0.419 e. The highest BCUT2D eigenvalue weighted by Crippen LogP contribution is 2.28. The molecule has 0 bridgehead atoms. The normalized spacial score (nSPS) is 12.9. The Morgan fingerprint density at radius 2 is 1.16 bits per heavy atom. The number of benzene rings is 2. The third-order valence-corrected chi connectivity index (χ3v) is 7.90. The SMILES string of the molecule is CC(C)(C)OC(=O)n1cc(/C=C/C(=O)OCC(C)(C)C(OC(=O)/C=C/c2cn(C(=O)OC(C)(C)C)c3ccccc23)C(=O)NCCC(N)=O)c2ccccc21. The second-order valence-corrected chi connectivity index (χ2v) is 15.5. The second kappa shape index (κ2) is 16.9. The molecule has 2 amide bonds. The molecule has 14 heteroatoms. The van der Waals surface area contributed by atoms with Crippen LogP contribution in [0.4, 0.5) is 9.59 Å². The Morgan fingerprint density at radius 3 is 1.62 bits per heavy atom. The number of esters is 2. The number of fused-ring (bicyclic) bond motifs is 2. The van der Waals surface area contributed by atoms with Gasteiger partial charge in [-0.15, -0.1) is 0 Å². The minimum atomic E-state index is -1.48. The van der Waals surface area contributed by atoms with Gasteiger partial charge in [0.15, 0.2) is 6.10 Å². The number of ether oxygens (including phenoxy) is 4. The van der Waals surface area contributed by atoms with Gasteiger partial charge in [-0.25, -0.2) is 19.2 Å². The van der Waals surface area contributed by atoms with Crippen LogP contribution in [-0.4, -0.2) is 75.5 Å². The lowest BCUT2D eigenvalue weighted by Gasteiger charge is -2.31. The summed E-state index contributed by atoms with van der Waals surface area (Å²) in [6, 6.07) is 14.2. The molecular weight excluding hydrogens is 708 g/mol. The Hall–Kier alpha value is -6.18. The predicted molar refractivity (Wildman–Crippen MR) is 207 cm³/mol. The number of amides is 2. The number of carbonyl (C=O) groups excluding carboxylic acids is 6. The Kier molecular flexibility index (Phi) is 12.8. The quantitative estimate of drug-likeness (QED) is 0.0936. The van der Waals surface area contributed by atoms with Crippen LogP contribution < -0.4 is 11.1 Å². The van der Waals surface area contributed by atoms with E-state index in [-0.39, 0.29) is 19.6 Å². The monoisotopic (exact) mass is 756 g/mol. The summed E-state index contributed by atoms with van der Waals surface area (Å²) in [5.74, 6) is -3.04. The van der Waals surface area contributed by atoms with Gasteiger partial charge < -0.3 is 30.0 Å². The van der Waals surface area contributed by atoms with Crippen molar-refractivity contribution in [3.63, 3.8) is 0 Å². The topological polar surface area (TPSA) is 187 Å². The Labute approximate surface area is 319 Å². The highest BCUT2D eigenvalue weighted by Gasteiger charge is 2.39. The summed E-state index contributed by atoms with van der Waals surface area (Å²) >= 11 is 0. The van der Waals surface area contributed by atoms with Gasteiger partial charge in [0.05, 0.1) is 11.0 Å². The largest absolute Gasteiger partial charge is 0.462 e. The van der Waals surface area contributed by atoms with Crippen molar-refractivity contribution in [1.82, 2.24) is 14.5 Å². The summed E-state index contributed by atoms with van der Waals surface area (Å²) in [6.07, 6.45) is 5.52. The van der Waals surface area contributed by atoms with E-state index in [9.17, 15) is 28.8 Å². The van der Waals surface area contributed by atoms with Gasteiger partial charge in [0.2, 0.25) is 5.91 Å². The first-order valence-electron chi connectivity index (χ1n) is 17.6. The van der Waals surface area contributed by atoms with Crippen molar-refractivity contribution >= 4 is 69.9 Å². The molecule has 14 nitrogen and oxygen atoms in total. The molecule has 0 saturated carbocycles. The molecular formula is C41H48N4O10. The minimum absolute atomic E-state index is 0.113. The summed E-state index contributed by atoms with van der Waals surface area (Å²) in [4.78, 5) is 76.7. The predicted octanol–water partition coefficient (Wildman–Crippen LogP) is 6.36. The van der Waals surface area contributed by atoms with Gasteiger partial charge in [-0.05, 0) is 65.8 Å². The van der Waals surface area contributed by atoms with Crippen LogP contribution in [0.5, 0.6) is 0 Å². The second-order valence-electron chi connectivity index (χ2n) is 15.5. The van der Waals surface area contributed by atoms with Crippen molar-refractivity contribution in [3.8, 4) is 0 Å². The number of nitrogens with one attached hydrogen (secondary N) is 1. The number of primary amides is 1. The van der Waals surface area contributed by atoms with Gasteiger partial charge in [0.25, 0.3) is 5.91 Å². The molecule has 0 radical (unpaired) electrons. The Balaban J connectivity index is 1.51. The van der Waals surface area contributed by atoms with E-state index in [1.807, 2.05) is 0 Å². The molecule has 2 aromatic carbocycles. The van der Waals surface area contributed by atoms with Crippen LogP contribution in [0.3, 0.4) is 0 Å². The standard InChI is InChI=1S/C41H48N4O10/c1-39(2,3)54-37(50)44-23-26(28-13-9-11-15-30(28)44)17-19-33(47)52-25-41(7,8)35(36(49)43-22-21-32(42)46)53-34(48)20-18-27-24-45(38(51)55-40(4,5)6)31-16-12-10-14-29(27)31/h9-20,23-24,35H,21-22,25H2,1-8H3,(H2,42,46)(H,43,49)/b19-17+,20-18+. The zero-order chi connectivity index (χ0) is 40.7. The zero-order valence-corrected chi connectivity index (χ0v) is 32.3. The van der Waals surface area contributed by atoms with E-state index < -0.39 is 58.7 Å².